The molecule has 0 bridgehead atoms. The molecule has 2 N–H and O–H groups in total. The van der Waals surface area contributed by atoms with Crippen LogP contribution < -0.4 is 56.5 Å². The fourth-order valence-electron chi connectivity index (χ4n) is 0.581. The molecule has 0 aliphatic heterocycles. The number of benzene rings is 1. The van der Waals surface area contributed by atoms with Gasteiger partial charge in [0.25, 0.3) is 0 Å². The zero-order valence-corrected chi connectivity index (χ0v) is 10.6. The Balaban J connectivity index is 0. The molecule has 0 aliphatic carbocycles. The van der Waals surface area contributed by atoms with Crippen molar-refractivity contribution in [3.05, 3.63) is 35.9 Å². The average Bonchev–Trinajstić information content (AvgIpc) is 2.05. The third-order valence-corrected chi connectivity index (χ3v) is 1.02. The van der Waals surface area contributed by atoms with E-state index in [0.29, 0.717) is 5.56 Å². The van der Waals surface area contributed by atoms with E-state index in [1.807, 2.05) is 0 Å². The number of carboxylic acids is 1. The summed E-state index contributed by atoms with van der Waals surface area (Å²) in [6.45, 7) is 0. The Kier molecular flexibility index (Phi) is 10.5. The fourth-order valence-corrected chi connectivity index (χ4v) is 0.581. The summed E-state index contributed by atoms with van der Waals surface area (Å²) in [5.41, 5.74) is 0.331. The van der Waals surface area contributed by atoms with Gasteiger partial charge < -0.3 is 20.1 Å². The third-order valence-electron chi connectivity index (χ3n) is 1.02. The molecule has 0 aromatic heterocycles. The molecule has 5 nitrogen and oxygen atoms in total. The zero-order valence-electron chi connectivity index (χ0n) is 7.51. The topological polar surface area (TPSA) is 97.7 Å². The van der Waals surface area contributed by atoms with Crippen LogP contribution >= 0.6 is 0 Å². The second-order valence-corrected chi connectivity index (χ2v) is 1.94. The molecule has 70 valence electrons. The second-order valence-electron chi connectivity index (χ2n) is 1.94. The zero-order chi connectivity index (χ0) is 10.3. The van der Waals surface area contributed by atoms with Crippen molar-refractivity contribution in [2.24, 2.45) is 0 Å². The molecular weight excluding hydrogens is 215 g/mol. The molecule has 14 heavy (non-hydrogen) atoms. The molecule has 0 saturated heterocycles. The summed E-state index contributed by atoms with van der Waals surface area (Å²) >= 11 is 0. The van der Waals surface area contributed by atoms with Gasteiger partial charge >= 0.3 is 57.4 Å². The van der Waals surface area contributed by atoms with Crippen molar-refractivity contribution in [1.29, 1.82) is 0 Å². The van der Waals surface area contributed by atoms with Crippen molar-refractivity contribution in [2.75, 3.05) is 0 Å². The van der Waals surface area contributed by atoms with Gasteiger partial charge in [-0.1, -0.05) is 18.2 Å². The van der Waals surface area contributed by atoms with E-state index in [0.717, 1.165) is 0 Å². The minimum absolute atomic E-state index is 0. The first-order valence-electron chi connectivity index (χ1n) is 3.22. The van der Waals surface area contributed by atoms with Crippen LogP contribution in [0.5, 0.6) is 0 Å². The monoisotopic (exact) mass is 222 g/mol. The molecule has 0 radical (unpaired) electrons. The van der Waals surface area contributed by atoms with E-state index in [1.54, 1.807) is 30.3 Å². The van der Waals surface area contributed by atoms with E-state index < -0.39 is 12.1 Å². The Bertz CT molecular complexity index is 281. The summed E-state index contributed by atoms with van der Waals surface area (Å²) in [5.74, 6) is -0.879. The van der Waals surface area contributed by atoms with Crippen LogP contribution in [0.3, 0.4) is 0 Å². The molecule has 0 unspecified atom stereocenters. The van der Waals surface area contributed by atoms with Crippen LogP contribution in [0.15, 0.2) is 30.3 Å². The largest absolute Gasteiger partial charge is 1.00 e. The summed E-state index contributed by atoms with van der Waals surface area (Å²) in [7, 11) is 0. The molecule has 0 spiro atoms. The maximum absolute atomic E-state index is 10.2. The Hall–Kier alpha value is -0.404. The predicted octanol–water partition coefficient (Wildman–Crippen LogP) is -2.72. The van der Waals surface area contributed by atoms with Crippen LogP contribution in [0.4, 0.5) is 4.79 Å². The van der Waals surface area contributed by atoms with E-state index in [9.17, 15) is 4.79 Å². The van der Waals surface area contributed by atoms with Gasteiger partial charge in [-0.15, -0.1) is 0 Å². The molecule has 0 amide bonds. The predicted molar refractivity (Wildman–Crippen MR) is 41.4 cm³/mol. The van der Waals surface area contributed by atoms with Crippen molar-refractivity contribution in [3.63, 3.8) is 0 Å². The van der Waals surface area contributed by atoms with E-state index in [1.165, 1.54) is 0 Å². The Morgan fingerprint density at radius 3 is 1.64 bits per heavy atom. The molecule has 1 rings (SSSR count). The third kappa shape index (κ3) is 9.68. The van der Waals surface area contributed by atoms with Crippen molar-refractivity contribution in [2.45, 2.75) is 0 Å². The number of hydrogen-bond donors (Lipinski definition) is 2. The molecule has 0 atom stereocenters. The van der Waals surface area contributed by atoms with E-state index in [4.69, 9.17) is 20.1 Å². The minimum atomic E-state index is -2.08. The summed E-state index contributed by atoms with van der Waals surface area (Å²) in [4.78, 5) is 18.6. The SMILES string of the molecule is O=C(O)c1ccccc1.O=C([O-])O.[K+]. The molecule has 0 fully saturated rings. The normalized spacial score (nSPS) is 7.43. The Morgan fingerprint density at radius 1 is 1.07 bits per heavy atom. The summed E-state index contributed by atoms with van der Waals surface area (Å²) < 4.78 is 0. The van der Waals surface area contributed by atoms with Crippen LogP contribution in [0, 0.1) is 0 Å². The van der Waals surface area contributed by atoms with E-state index >= 15 is 0 Å². The number of rotatable bonds is 1. The average molecular weight is 222 g/mol. The van der Waals surface area contributed by atoms with Crippen molar-refractivity contribution < 1.29 is 76.3 Å². The van der Waals surface area contributed by atoms with Gasteiger partial charge in [0.2, 0.25) is 6.16 Å². The first kappa shape index (κ1) is 16.0. The number of hydrogen-bond acceptors (Lipinski definition) is 3. The maximum atomic E-state index is 10.2. The van der Waals surface area contributed by atoms with Gasteiger partial charge in [-0.05, 0) is 12.1 Å². The number of carboxylic acid groups (broad SMARTS) is 3. The minimum Gasteiger partial charge on any atom is -0.565 e. The van der Waals surface area contributed by atoms with Gasteiger partial charge in [-0.3, -0.25) is 0 Å². The molecule has 0 aliphatic rings. The van der Waals surface area contributed by atoms with Crippen molar-refractivity contribution in [1.82, 2.24) is 0 Å². The Morgan fingerprint density at radius 2 is 1.43 bits per heavy atom. The van der Waals surface area contributed by atoms with E-state index in [-0.39, 0.29) is 51.4 Å². The Labute approximate surface area is 123 Å². The quantitative estimate of drug-likeness (QED) is 0.503. The summed E-state index contributed by atoms with van der Waals surface area (Å²) in [6, 6.07) is 8.30. The number of carbonyl (C=O) groups is 2. The van der Waals surface area contributed by atoms with Crippen molar-refractivity contribution in [3.8, 4) is 0 Å². The summed E-state index contributed by atoms with van der Waals surface area (Å²) in [5, 5.41) is 23.7. The molecular formula is C8H7KO5. The molecule has 1 aromatic rings. The van der Waals surface area contributed by atoms with Crippen LogP contribution in [-0.2, 0) is 0 Å². The molecule has 0 saturated carbocycles. The van der Waals surface area contributed by atoms with Crippen LogP contribution in [0.25, 0.3) is 0 Å². The fraction of sp³-hybridized carbons (Fsp3) is 0. The molecule has 0 heterocycles. The number of aromatic carboxylic acids is 1. The first-order chi connectivity index (χ1) is 6.04. The standard InChI is InChI=1S/C7H6O2.CH2O3.K/c8-7(9)6-4-2-1-3-5-6;2-1(3)4;/h1-5H,(H,8,9);(H2,2,3,4);/q;;+1/p-1. The van der Waals surface area contributed by atoms with Crippen LogP contribution in [0.2, 0.25) is 0 Å². The van der Waals surface area contributed by atoms with Gasteiger partial charge in [0.1, 0.15) is 0 Å². The van der Waals surface area contributed by atoms with Gasteiger partial charge in [0.15, 0.2) is 0 Å². The second kappa shape index (κ2) is 9.16. The summed E-state index contributed by atoms with van der Waals surface area (Å²) in [6.07, 6.45) is -2.08. The van der Waals surface area contributed by atoms with Gasteiger partial charge in [0, 0.05) is 0 Å². The van der Waals surface area contributed by atoms with Gasteiger partial charge in [-0.25, -0.2) is 4.79 Å². The first-order valence-corrected chi connectivity index (χ1v) is 3.22. The van der Waals surface area contributed by atoms with Gasteiger partial charge in [-0.2, -0.15) is 0 Å². The van der Waals surface area contributed by atoms with Crippen molar-refractivity contribution >= 4 is 12.1 Å². The molecule has 6 heteroatoms. The smallest absolute Gasteiger partial charge is 0.565 e. The van der Waals surface area contributed by atoms with Crippen LogP contribution in [0.1, 0.15) is 10.4 Å². The molecule has 1 aromatic carbocycles. The van der Waals surface area contributed by atoms with Gasteiger partial charge in [0.05, 0.1) is 5.56 Å². The van der Waals surface area contributed by atoms with Crippen LogP contribution in [-0.4, -0.2) is 22.3 Å². The van der Waals surface area contributed by atoms with E-state index in [2.05, 4.69) is 0 Å². The maximum Gasteiger partial charge on any atom is 1.00 e.